The van der Waals surface area contributed by atoms with E-state index in [1.165, 1.54) is 12.1 Å². The van der Waals surface area contributed by atoms with Gasteiger partial charge in [0.2, 0.25) is 0 Å². The topological polar surface area (TPSA) is 26.3 Å². The fraction of sp³-hybridized carbons (Fsp3) is 0.188. The lowest BCUT2D eigenvalue weighted by atomic mass is 10.0. The number of aryl methyl sites for hydroxylation is 1. The average molecular weight is 276 g/mol. The van der Waals surface area contributed by atoms with Crippen molar-refractivity contribution in [1.29, 1.82) is 0 Å². The lowest BCUT2D eigenvalue weighted by Crippen LogP contribution is -2.09. The highest BCUT2D eigenvalue weighted by Crippen LogP contribution is 2.22. The summed E-state index contributed by atoms with van der Waals surface area (Å²) in [7, 11) is 0. The van der Waals surface area contributed by atoms with E-state index >= 15 is 0 Å². The summed E-state index contributed by atoms with van der Waals surface area (Å²) < 4.78 is 29.0. The minimum absolute atomic E-state index is 0.0832. The van der Waals surface area contributed by atoms with Crippen LogP contribution in [0, 0.1) is 6.92 Å². The van der Waals surface area contributed by atoms with Gasteiger partial charge in [-0.25, -0.2) is 0 Å². The van der Waals surface area contributed by atoms with E-state index in [1.54, 1.807) is 12.1 Å². The summed E-state index contributed by atoms with van der Waals surface area (Å²) in [6, 6.07) is 13.6. The fourth-order valence-corrected chi connectivity index (χ4v) is 2.00. The number of Topliss-reactive ketones (excluding diaryl/α,β-unsaturated/α-hetero) is 1. The van der Waals surface area contributed by atoms with Crippen LogP contribution in [0.15, 0.2) is 48.5 Å². The molecular formula is C16H14F2O2. The number of benzene rings is 2. The van der Waals surface area contributed by atoms with Crippen LogP contribution >= 0.6 is 0 Å². The molecule has 0 aliphatic rings. The molecule has 0 bridgehead atoms. The van der Waals surface area contributed by atoms with Gasteiger partial charge in [0, 0.05) is 6.42 Å². The van der Waals surface area contributed by atoms with E-state index in [9.17, 15) is 13.6 Å². The van der Waals surface area contributed by atoms with Gasteiger partial charge in [-0.3, -0.25) is 4.79 Å². The minimum atomic E-state index is -2.94. The Bertz CT molecular complexity index is 609. The van der Waals surface area contributed by atoms with Crippen LogP contribution in [0.3, 0.4) is 0 Å². The molecule has 0 radical (unpaired) electrons. The number of alkyl halides is 2. The Morgan fingerprint density at radius 3 is 2.60 bits per heavy atom. The molecule has 104 valence electrons. The lowest BCUT2D eigenvalue weighted by Gasteiger charge is -2.09. The monoisotopic (exact) mass is 276 g/mol. The molecule has 0 aromatic heterocycles. The molecule has 0 spiro atoms. The van der Waals surface area contributed by atoms with Gasteiger partial charge in [0.15, 0.2) is 5.78 Å². The van der Waals surface area contributed by atoms with Gasteiger partial charge in [-0.15, -0.1) is 0 Å². The fourth-order valence-electron chi connectivity index (χ4n) is 2.00. The van der Waals surface area contributed by atoms with Gasteiger partial charge in [0.1, 0.15) is 5.75 Å². The molecule has 2 rings (SSSR count). The number of para-hydroxylation sites is 1. The summed E-state index contributed by atoms with van der Waals surface area (Å²) >= 11 is 0. The number of ether oxygens (including phenoxy) is 1. The highest BCUT2D eigenvalue weighted by molar-refractivity contribution is 5.99. The normalized spacial score (nSPS) is 10.6. The highest BCUT2D eigenvalue weighted by atomic mass is 19.3. The summed E-state index contributed by atoms with van der Waals surface area (Å²) in [5.74, 6) is -0.327. The van der Waals surface area contributed by atoms with Gasteiger partial charge in [0.25, 0.3) is 0 Å². The maximum Gasteiger partial charge on any atom is 0.387 e. The molecule has 4 heteroatoms. The van der Waals surface area contributed by atoms with Crippen LogP contribution in [0.4, 0.5) is 8.78 Å². The summed E-state index contributed by atoms with van der Waals surface area (Å²) in [6.07, 6.45) is 0.158. The van der Waals surface area contributed by atoms with Gasteiger partial charge >= 0.3 is 6.61 Å². The number of hydrogen-bond acceptors (Lipinski definition) is 2. The molecule has 0 unspecified atom stereocenters. The van der Waals surface area contributed by atoms with Crippen molar-refractivity contribution in [3.05, 3.63) is 65.2 Å². The summed E-state index contributed by atoms with van der Waals surface area (Å²) in [5.41, 5.74) is 2.07. The molecule has 0 saturated carbocycles. The van der Waals surface area contributed by atoms with E-state index in [0.717, 1.165) is 11.1 Å². The van der Waals surface area contributed by atoms with E-state index in [2.05, 4.69) is 4.74 Å². The van der Waals surface area contributed by atoms with Gasteiger partial charge < -0.3 is 4.74 Å². The number of hydrogen-bond donors (Lipinski definition) is 0. The molecule has 0 atom stereocenters. The van der Waals surface area contributed by atoms with Crippen LogP contribution in [0.2, 0.25) is 0 Å². The molecular weight excluding hydrogens is 262 g/mol. The van der Waals surface area contributed by atoms with Crippen LogP contribution in [-0.2, 0) is 6.42 Å². The molecule has 0 fully saturated rings. The molecule has 2 nitrogen and oxygen atoms in total. The predicted molar refractivity (Wildman–Crippen MR) is 72.3 cm³/mol. The van der Waals surface area contributed by atoms with Gasteiger partial charge in [-0.2, -0.15) is 8.78 Å². The molecule has 2 aromatic carbocycles. The third-order valence-corrected chi connectivity index (χ3v) is 2.85. The first-order valence-corrected chi connectivity index (χ1v) is 6.19. The maximum atomic E-state index is 12.3. The van der Waals surface area contributed by atoms with Crippen LogP contribution in [-0.4, -0.2) is 12.4 Å². The Morgan fingerprint density at radius 1 is 1.15 bits per heavy atom. The molecule has 0 amide bonds. The van der Waals surface area contributed by atoms with Crippen molar-refractivity contribution < 1.29 is 18.3 Å². The smallest absolute Gasteiger partial charge is 0.387 e. The van der Waals surface area contributed by atoms with Crippen molar-refractivity contribution in [2.24, 2.45) is 0 Å². The van der Waals surface area contributed by atoms with Gasteiger partial charge in [-0.1, -0.05) is 42.0 Å². The van der Waals surface area contributed by atoms with Crippen LogP contribution in [0.1, 0.15) is 21.5 Å². The number of halogens is 2. The third-order valence-electron chi connectivity index (χ3n) is 2.85. The Kier molecular flexibility index (Phi) is 4.45. The van der Waals surface area contributed by atoms with Crippen LogP contribution in [0.25, 0.3) is 0 Å². The molecule has 20 heavy (non-hydrogen) atoms. The van der Waals surface area contributed by atoms with Crippen molar-refractivity contribution >= 4 is 5.78 Å². The maximum absolute atomic E-state index is 12.3. The predicted octanol–water partition coefficient (Wildman–Crippen LogP) is 4.02. The van der Waals surface area contributed by atoms with Crippen LogP contribution in [0.5, 0.6) is 5.75 Å². The Balaban J connectivity index is 2.21. The standard InChI is InChI=1S/C16H14F2O2/c1-11-5-4-6-12(9-11)10-14(19)13-7-2-3-8-15(13)20-16(17)18/h2-9,16H,10H2,1H3. The van der Waals surface area contributed by atoms with Crippen molar-refractivity contribution in [1.82, 2.24) is 0 Å². The second kappa shape index (κ2) is 6.28. The number of ketones is 1. The molecule has 2 aromatic rings. The zero-order chi connectivity index (χ0) is 14.5. The summed E-state index contributed by atoms with van der Waals surface area (Å²) in [4.78, 5) is 12.2. The first kappa shape index (κ1) is 14.2. The molecule has 0 aliphatic carbocycles. The molecule has 0 saturated heterocycles. The van der Waals surface area contributed by atoms with Crippen LogP contribution < -0.4 is 4.74 Å². The Morgan fingerprint density at radius 2 is 1.90 bits per heavy atom. The number of carbonyl (C=O) groups is 1. The number of rotatable bonds is 5. The second-order valence-electron chi connectivity index (χ2n) is 4.46. The summed E-state index contributed by atoms with van der Waals surface area (Å²) in [6.45, 7) is -1.01. The molecule has 0 aliphatic heterocycles. The zero-order valence-corrected chi connectivity index (χ0v) is 11.0. The average Bonchev–Trinajstić information content (AvgIpc) is 2.38. The van der Waals surface area contributed by atoms with Crippen molar-refractivity contribution in [2.45, 2.75) is 20.0 Å². The lowest BCUT2D eigenvalue weighted by molar-refractivity contribution is -0.0501. The van der Waals surface area contributed by atoms with E-state index in [-0.39, 0.29) is 23.5 Å². The summed E-state index contributed by atoms with van der Waals surface area (Å²) in [5, 5.41) is 0. The highest BCUT2D eigenvalue weighted by Gasteiger charge is 2.15. The second-order valence-corrected chi connectivity index (χ2v) is 4.46. The minimum Gasteiger partial charge on any atom is -0.434 e. The van der Waals surface area contributed by atoms with E-state index < -0.39 is 6.61 Å². The first-order chi connectivity index (χ1) is 9.56. The Labute approximate surface area is 116 Å². The van der Waals surface area contributed by atoms with E-state index in [0.29, 0.717) is 0 Å². The van der Waals surface area contributed by atoms with Crippen molar-refractivity contribution in [2.75, 3.05) is 0 Å². The van der Waals surface area contributed by atoms with Crippen molar-refractivity contribution in [3.63, 3.8) is 0 Å². The first-order valence-electron chi connectivity index (χ1n) is 6.19. The zero-order valence-electron chi connectivity index (χ0n) is 11.0. The number of carbonyl (C=O) groups excluding carboxylic acids is 1. The quantitative estimate of drug-likeness (QED) is 0.771. The van der Waals surface area contributed by atoms with E-state index in [1.807, 2.05) is 31.2 Å². The largest absolute Gasteiger partial charge is 0.434 e. The SMILES string of the molecule is Cc1cccc(CC(=O)c2ccccc2OC(F)F)c1. The van der Waals surface area contributed by atoms with Gasteiger partial charge in [-0.05, 0) is 24.6 Å². The Hall–Kier alpha value is -2.23. The molecule has 0 heterocycles. The van der Waals surface area contributed by atoms with Crippen molar-refractivity contribution in [3.8, 4) is 5.75 Å². The van der Waals surface area contributed by atoms with Gasteiger partial charge in [0.05, 0.1) is 5.56 Å². The molecule has 0 N–H and O–H groups in total. The third kappa shape index (κ3) is 3.63. The van der Waals surface area contributed by atoms with E-state index in [4.69, 9.17) is 0 Å².